The van der Waals surface area contributed by atoms with Gasteiger partial charge in [0.1, 0.15) is 67.0 Å². The molecule has 0 saturated heterocycles. The highest BCUT2D eigenvalue weighted by Gasteiger charge is 2.34. The zero-order valence-electron chi connectivity index (χ0n) is 55.2. The second kappa shape index (κ2) is 26.4. The van der Waals surface area contributed by atoms with Gasteiger partial charge in [0.2, 0.25) is 10.0 Å². The van der Waals surface area contributed by atoms with E-state index in [0.717, 1.165) is 77.3 Å². The smallest absolute Gasteiger partial charge is 0.252 e. The van der Waals surface area contributed by atoms with Crippen LogP contribution in [-0.2, 0) is 62.2 Å². The summed E-state index contributed by atoms with van der Waals surface area (Å²) in [7, 11) is -4.19. The maximum Gasteiger partial charge on any atom is 0.252 e. The molecule has 90 heavy (non-hydrogen) atoms. The van der Waals surface area contributed by atoms with Gasteiger partial charge < -0.3 is 39.4 Å². The van der Waals surface area contributed by atoms with E-state index >= 15 is 0 Å². The van der Waals surface area contributed by atoms with Crippen molar-refractivity contribution in [3.63, 3.8) is 0 Å². The van der Waals surface area contributed by atoms with Crippen LogP contribution in [-0.4, -0.2) is 72.2 Å². The molecule has 0 saturated carbocycles. The van der Waals surface area contributed by atoms with E-state index in [-0.39, 0.29) is 87.9 Å². The number of aliphatic hydroxyl groups is 2. The van der Waals surface area contributed by atoms with E-state index in [1.165, 1.54) is 12.1 Å². The number of rotatable bonds is 7. The molecule has 5 heterocycles. The molecule has 6 aliphatic rings. The van der Waals surface area contributed by atoms with Crippen LogP contribution in [0.4, 0.5) is 0 Å². The maximum absolute atomic E-state index is 14.5. The van der Waals surface area contributed by atoms with Gasteiger partial charge in [0, 0.05) is 25.7 Å². The Hall–Kier alpha value is -7.40. The zero-order chi connectivity index (χ0) is 65.4. The SMILES string of the molecule is Cc1ccc(S(=O)(=O)N[C@@H](CC(C)C)C(=O)NN2C(O)c3ccc(cc3)OCCOc3c4cc(C(C)(C)C)cc3Cc3cc(C(C)(C)C)cc(c3O)Cc3cc(C(C)(C)C)cc(c3OCCOc3ccc(cc3)C2O)Cc2cc(C(C)(C)C)cc(c2O)C4)cc1. The average molecular weight is 1240 g/mol. The number of phenolic OH excluding ortho intramolecular Hbond substituents is 2. The second-order valence-electron chi connectivity index (χ2n) is 29.0. The molecule has 14 nitrogen and oxygen atoms in total. The van der Waals surface area contributed by atoms with E-state index < -0.39 is 34.4 Å². The zero-order valence-corrected chi connectivity index (χ0v) is 56.0. The van der Waals surface area contributed by atoms with E-state index in [0.29, 0.717) is 48.7 Å². The van der Waals surface area contributed by atoms with E-state index in [2.05, 4.69) is 142 Å². The molecular weight excluding hydrogens is 1150 g/mol. The third-order valence-electron chi connectivity index (χ3n) is 17.0. The number of aryl methyl sites for hydroxylation is 1. The first kappa shape index (κ1) is 67.0. The molecule has 1 aliphatic carbocycles. The standard InChI is InChI=1S/C75H93N3O11S/c1-45(2)32-64(77-90(84,85)63-26-16-46(3)17-27-63)69(81)76-78-70(82)47-18-22-61(23-19-47)86-28-30-88-67-53-33-49-37-57(72(4,5)6)38-50(65(49)79)34-54-42-60(75(13,14)15)44-56(68(54)89-31-29-87-62-24-20-48(21-25-62)71(78)83)36-52-40-58(73(7,8)9)39-51(66(52)80)35-55(67)43-59(41-53)74(10,11)12/h16-27,37-45,64,70-71,77,79-80,82-83H,28-36H2,1-15H3,(H,76,81)/t64-,70?,71?/m0/s1. The number of aliphatic hydroxyl groups excluding tert-OH is 2. The summed E-state index contributed by atoms with van der Waals surface area (Å²) < 4.78 is 56.8. The van der Waals surface area contributed by atoms with Crippen LogP contribution in [0.2, 0.25) is 0 Å². The monoisotopic (exact) mass is 1240 g/mol. The fourth-order valence-corrected chi connectivity index (χ4v) is 12.7. The summed E-state index contributed by atoms with van der Waals surface area (Å²) in [4.78, 5) is 14.5. The van der Waals surface area contributed by atoms with Crippen molar-refractivity contribution in [2.45, 2.75) is 181 Å². The number of fused-ring (bicyclic) bond motifs is 1. The molecule has 0 aromatic heterocycles. The molecule has 7 aromatic rings. The molecule has 0 fully saturated rings. The Bertz CT molecular complexity index is 3540. The summed E-state index contributed by atoms with van der Waals surface area (Å²) in [5.41, 5.74) is 13.6. The Morgan fingerprint density at radius 1 is 0.500 bits per heavy atom. The minimum absolute atomic E-state index is 0.0133. The van der Waals surface area contributed by atoms with E-state index in [4.69, 9.17) is 18.9 Å². The predicted molar refractivity (Wildman–Crippen MR) is 355 cm³/mol. The number of hydrogen-bond acceptors (Lipinski definition) is 12. The maximum atomic E-state index is 14.5. The fourth-order valence-electron chi connectivity index (χ4n) is 11.5. The van der Waals surface area contributed by atoms with E-state index in [1.54, 1.807) is 60.7 Å². The van der Waals surface area contributed by atoms with E-state index in [9.17, 15) is 33.6 Å². The molecule has 14 bridgehead atoms. The largest absolute Gasteiger partial charge is 0.507 e. The predicted octanol–water partition coefficient (Wildman–Crippen LogP) is 13.9. The Balaban J connectivity index is 1.18. The van der Waals surface area contributed by atoms with Gasteiger partial charge in [-0.3, -0.25) is 10.2 Å². The highest BCUT2D eigenvalue weighted by molar-refractivity contribution is 7.89. The van der Waals surface area contributed by atoms with Gasteiger partial charge in [-0.15, -0.1) is 0 Å². The second-order valence-corrected chi connectivity index (χ2v) is 30.7. The number of nitrogens with one attached hydrogen (secondary N) is 2. The minimum atomic E-state index is -4.19. The molecular formula is C75H93N3O11S. The third-order valence-corrected chi connectivity index (χ3v) is 18.5. The number of hydrogen-bond donors (Lipinski definition) is 6. The number of aromatic hydroxyl groups is 2. The Morgan fingerprint density at radius 3 is 1.12 bits per heavy atom. The van der Waals surface area contributed by atoms with E-state index in [1.807, 2.05) is 20.8 Å². The van der Waals surface area contributed by atoms with Crippen LogP contribution in [0.3, 0.4) is 0 Å². The first-order chi connectivity index (χ1) is 42.1. The molecule has 480 valence electrons. The molecule has 1 amide bonds. The number of ether oxygens (including phenoxy) is 4. The number of amides is 1. The number of hydrazine groups is 1. The average Bonchev–Trinajstić information content (AvgIpc) is 0.818. The van der Waals surface area contributed by atoms with Crippen LogP contribution in [0, 0.1) is 12.8 Å². The lowest BCUT2D eigenvalue weighted by Gasteiger charge is -2.34. The van der Waals surface area contributed by atoms with Crippen LogP contribution < -0.4 is 29.1 Å². The highest BCUT2D eigenvalue weighted by atomic mass is 32.2. The van der Waals surface area contributed by atoms with Crippen LogP contribution in [0.15, 0.2) is 126 Å². The number of nitrogens with zero attached hydrogens (tertiary/aromatic N) is 1. The minimum Gasteiger partial charge on any atom is -0.507 e. The molecule has 7 aromatic carbocycles. The van der Waals surface area contributed by atoms with Crippen LogP contribution >= 0.6 is 0 Å². The fraction of sp³-hybridized carbons (Fsp3) is 0.427. The number of carbonyl (C=O) groups is 1. The van der Waals surface area contributed by atoms with Crippen LogP contribution in [0.5, 0.6) is 34.5 Å². The van der Waals surface area contributed by atoms with Crippen LogP contribution in [0.1, 0.15) is 199 Å². The molecule has 15 heteroatoms. The normalized spacial score (nSPS) is 16.8. The first-order valence-corrected chi connectivity index (χ1v) is 32.9. The van der Waals surface area contributed by atoms with Gasteiger partial charge in [0.25, 0.3) is 5.91 Å². The number of sulfonamides is 1. The molecule has 6 N–H and O–H groups in total. The lowest BCUT2D eigenvalue weighted by Crippen LogP contribution is -2.54. The summed E-state index contributed by atoms with van der Waals surface area (Å²) in [5.74, 6) is 1.60. The van der Waals surface area contributed by atoms with Gasteiger partial charge in [0.15, 0.2) is 12.5 Å². The number of phenols is 2. The summed E-state index contributed by atoms with van der Waals surface area (Å²) in [6, 6.07) is 35.4. The topological polar surface area (TPSA) is 196 Å². The van der Waals surface area contributed by atoms with Crippen molar-refractivity contribution in [1.29, 1.82) is 0 Å². The van der Waals surface area contributed by atoms with Crippen molar-refractivity contribution >= 4 is 15.9 Å². The van der Waals surface area contributed by atoms with Gasteiger partial charge in [-0.05, 0) is 155 Å². The van der Waals surface area contributed by atoms with Crippen molar-refractivity contribution in [1.82, 2.24) is 15.2 Å². The van der Waals surface area contributed by atoms with Gasteiger partial charge in [-0.2, -0.15) is 9.73 Å². The summed E-state index contributed by atoms with van der Waals surface area (Å²) in [6.45, 7) is 32.2. The molecule has 13 rings (SSSR count). The van der Waals surface area contributed by atoms with Gasteiger partial charge in [0.05, 0.1) is 4.90 Å². The molecule has 2 unspecified atom stereocenters. The van der Waals surface area contributed by atoms with Crippen LogP contribution in [0.25, 0.3) is 0 Å². The number of carbonyl (C=O) groups excluding carboxylic acids is 1. The quantitative estimate of drug-likeness (QED) is 0.0885. The van der Waals surface area contributed by atoms with Crippen molar-refractivity contribution in [3.8, 4) is 34.5 Å². The highest BCUT2D eigenvalue weighted by Crippen LogP contribution is 2.44. The lowest BCUT2D eigenvalue weighted by atomic mass is 9.79. The summed E-state index contributed by atoms with van der Waals surface area (Å²) >= 11 is 0. The van der Waals surface area contributed by atoms with Crippen molar-refractivity contribution in [2.75, 3.05) is 26.4 Å². The third kappa shape index (κ3) is 15.8. The van der Waals surface area contributed by atoms with Crippen molar-refractivity contribution < 1.29 is 52.6 Å². The lowest BCUT2D eigenvalue weighted by molar-refractivity contribution is -0.160. The Kier molecular flexibility index (Phi) is 19.7. The molecule has 5 aliphatic heterocycles. The summed E-state index contributed by atoms with van der Waals surface area (Å²) in [5, 5.41) is 51.1. The summed E-state index contributed by atoms with van der Waals surface area (Å²) in [6.07, 6.45) is -1.95. The first-order valence-electron chi connectivity index (χ1n) is 31.4. The van der Waals surface area contributed by atoms with Gasteiger partial charge >= 0.3 is 0 Å². The molecule has 0 spiro atoms. The molecule has 3 atom stereocenters. The molecule has 0 radical (unpaired) electrons. The van der Waals surface area contributed by atoms with Gasteiger partial charge in [-0.1, -0.05) is 187 Å². The van der Waals surface area contributed by atoms with Crippen molar-refractivity contribution in [2.24, 2.45) is 5.92 Å². The number of benzene rings is 7. The Morgan fingerprint density at radius 2 is 0.811 bits per heavy atom. The van der Waals surface area contributed by atoms with Crippen molar-refractivity contribution in [3.05, 3.63) is 205 Å². The Labute approximate surface area is 533 Å². The van der Waals surface area contributed by atoms with Gasteiger partial charge in [-0.25, -0.2) is 8.42 Å².